The first kappa shape index (κ1) is 63.9. The van der Waals surface area contributed by atoms with Crippen LogP contribution in [0.3, 0.4) is 0 Å². The van der Waals surface area contributed by atoms with Crippen molar-refractivity contribution >= 4 is 70.2 Å². The molecular weight excluding hydrogens is 1190 g/mol. The van der Waals surface area contributed by atoms with E-state index in [-0.39, 0.29) is 115 Å². The molecule has 2 N–H and O–H groups in total. The molecule has 2 aliphatic heterocycles. The maximum absolute atomic E-state index is 15.3. The lowest BCUT2D eigenvalue weighted by molar-refractivity contribution is -0.160. The summed E-state index contributed by atoms with van der Waals surface area (Å²) < 4.78 is 27.4. The Morgan fingerprint density at radius 2 is 0.552 bits per heavy atom. The molecule has 12 fully saturated rings. The van der Waals surface area contributed by atoms with Gasteiger partial charge in [0.15, 0.2) is 0 Å². The van der Waals surface area contributed by atoms with Crippen LogP contribution in [-0.2, 0) is 38.1 Å². The summed E-state index contributed by atoms with van der Waals surface area (Å²) in [6.45, 7) is 46.0. The highest BCUT2D eigenvalue weighted by atomic mass is 16.6. The Bertz CT molecular complexity index is 4020. The second-order valence-corrected chi connectivity index (χ2v) is 39.9. The second-order valence-electron chi connectivity index (χ2n) is 39.9. The fourth-order valence-corrected chi connectivity index (χ4v) is 25.2. The fraction of sp³-hybridized carbons (Fsp3) is 0.714. The molecule has 12 aliphatic carbocycles. The van der Waals surface area contributed by atoms with Gasteiger partial charge in [0.1, 0.15) is 24.4 Å². The summed E-state index contributed by atoms with van der Waals surface area (Å²) in [5.41, 5.74) is 8.18. The number of aromatic nitrogens is 4. The van der Waals surface area contributed by atoms with Crippen molar-refractivity contribution in [3.63, 3.8) is 0 Å². The van der Waals surface area contributed by atoms with Gasteiger partial charge in [-0.3, -0.25) is 19.2 Å². The molecule has 96 heavy (non-hydrogen) atoms. The lowest BCUT2D eigenvalue weighted by atomic mass is 9.70. The third-order valence-electron chi connectivity index (χ3n) is 34.4. The summed E-state index contributed by atoms with van der Waals surface area (Å²) in [4.78, 5) is 80.7. The molecule has 0 aromatic carbocycles. The van der Waals surface area contributed by atoms with Crippen molar-refractivity contribution in [1.29, 1.82) is 0 Å². The molecule has 12 heteroatoms. The number of H-pyrrole nitrogens is 2. The lowest BCUT2D eigenvalue weighted by Gasteiger charge is -2.38. The summed E-state index contributed by atoms with van der Waals surface area (Å²) in [5, 5.41) is 0. The van der Waals surface area contributed by atoms with Gasteiger partial charge in [-0.05, 0) is 193 Å². The molecule has 0 amide bonds. The number of nitrogens with one attached hydrogen (secondary N) is 2. The van der Waals surface area contributed by atoms with E-state index in [4.69, 9.17) is 28.9 Å². The van der Waals surface area contributed by atoms with Crippen LogP contribution in [0.25, 0.3) is 46.4 Å². The van der Waals surface area contributed by atoms with Crippen LogP contribution in [0.5, 0.6) is 0 Å². The summed E-state index contributed by atoms with van der Waals surface area (Å²) in [6, 6.07) is 8.68. The Kier molecular flexibility index (Phi) is 12.9. The van der Waals surface area contributed by atoms with Crippen LogP contribution in [0.2, 0.25) is 0 Å². The number of ether oxygens (including phenoxy) is 4. The van der Waals surface area contributed by atoms with Gasteiger partial charge >= 0.3 is 23.9 Å². The van der Waals surface area contributed by atoms with Gasteiger partial charge in [-0.1, -0.05) is 138 Å². The van der Waals surface area contributed by atoms with E-state index in [1.807, 2.05) is 0 Å². The van der Waals surface area contributed by atoms with Crippen LogP contribution in [0.15, 0.2) is 24.3 Å². The van der Waals surface area contributed by atoms with E-state index in [2.05, 4.69) is 197 Å². The molecule has 0 radical (unpaired) electrons. The smallest absolute Gasteiger partial charge is 0.310 e. The Labute approximate surface area is 570 Å². The van der Waals surface area contributed by atoms with Crippen LogP contribution in [0, 0.1) is 112 Å². The van der Waals surface area contributed by atoms with Crippen molar-refractivity contribution in [2.45, 2.75) is 264 Å². The van der Waals surface area contributed by atoms with E-state index in [1.54, 1.807) is 0 Å². The SMILES string of the molecule is CC1(C)[C@H](C(=O)O[C@@H]2C[C@@H]3CC[C@@]2(C)C3(C)C)[C@@H]1c1c2nc(c([C@H]3[C@@H](C(=O)O[C@@H]4C[C@@H]5CC[C@@]4(C)C5(C)C)C3(C)C)c3ccc([nH]3)c([C@H]3[C@@H](C(=O)O[C@@H]4C[C@@H]5CC[C@@]4(C)C5(C)C)C3(C)C)c3ccc([nH]3)c([C@H]3[C@@H](C(=O)O[C@@H]4C[C@@H]5CC[C@@]4(C)C5(C)C)C3(C)C)c3nc1C=C3)C=C2. The number of aromatic amines is 2. The molecule has 0 spiro atoms. The summed E-state index contributed by atoms with van der Waals surface area (Å²) in [7, 11) is 0. The second kappa shape index (κ2) is 19.3. The van der Waals surface area contributed by atoms with Crippen LogP contribution in [0.1, 0.15) is 284 Å². The highest BCUT2D eigenvalue weighted by Crippen LogP contribution is 2.75. The largest absolute Gasteiger partial charge is 0.462 e. The average Bonchev–Trinajstić information content (AvgIpc) is 1.52. The number of esters is 4. The van der Waals surface area contributed by atoms with Crippen LogP contribution >= 0.6 is 0 Å². The third kappa shape index (κ3) is 8.02. The van der Waals surface area contributed by atoms with Gasteiger partial charge in [-0.15, -0.1) is 0 Å². The Balaban J connectivity index is 0.842. The third-order valence-corrected chi connectivity index (χ3v) is 34.4. The Morgan fingerprint density at radius 3 is 0.781 bits per heavy atom. The van der Waals surface area contributed by atoms with E-state index >= 15 is 19.2 Å². The number of carbonyl (C=O) groups excluding carboxylic acids is 4. The van der Waals surface area contributed by atoms with E-state index in [0.717, 1.165) is 118 Å². The molecule has 0 unspecified atom stereocenters. The highest BCUT2D eigenvalue weighted by Gasteiger charge is 2.73. The minimum Gasteiger partial charge on any atom is -0.462 e. The summed E-state index contributed by atoms with van der Waals surface area (Å²) >= 11 is 0. The van der Waals surface area contributed by atoms with E-state index < -0.39 is 45.3 Å². The molecule has 12 nitrogen and oxygen atoms in total. The van der Waals surface area contributed by atoms with Crippen molar-refractivity contribution in [3.8, 4) is 0 Å². The molecule has 5 heterocycles. The standard InChI is InChI=1S/C84H110N4O8/c1-73(2)61(65(73)69(89)93-53-37-41-29-33-81(53,17)77(41,9)10)57-45-21-23-47(85-45)58(62-66(74(62,3)4)70(90)94-54-38-42-30-34-82(54,18)78(42,11)12)49-25-27-51(87-49)60(64-68(76(64,7)8)72(92)96-56-40-44-32-36-84(56,20)80(44,15)16)52-28-26-50(88-52)59(48-24-22-46(57)86-48)63-67(75(63,5)6)71(91)95-55-39-43-31-35-83(55,19)79(43,13)14/h21-28,41-44,53-56,61-68,85-86H,29-40H2,1-20H3/t41-,42-,43-,44-,53+,54+,55+,56+,61-,62-,63-,64-,65-,66-,67-,68-,81+,82+,83+,84+/m0/s1. The highest BCUT2D eigenvalue weighted by molar-refractivity contribution is 5.91. The molecule has 14 aliphatic rings. The van der Waals surface area contributed by atoms with E-state index in [0.29, 0.717) is 23.7 Å². The Hall–Kier alpha value is -5.52. The molecule has 3 aromatic heterocycles. The maximum Gasteiger partial charge on any atom is 0.310 e. The topological polar surface area (TPSA) is 163 Å². The van der Waals surface area contributed by atoms with Crippen molar-refractivity contribution < 1.29 is 38.1 Å². The van der Waals surface area contributed by atoms with Gasteiger partial charge in [0.2, 0.25) is 0 Å². The zero-order chi connectivity index (χ0) is 68.3. The van der Waals surface area contributed by atoms with Gasteiger partial charge in [-0.2, -0.15) is 0 Å². The fourth-order valence-electron chi connectivity index (χ4n) is 25.2. The Morgan fingerprint density at radius 1 is 0.333 bits per heavy atom. The molecular formula is C84H110N4O8. The van der Waals surface area contributed by atoms with Gasteiger partial charge in [0.25, 0.3) is 0 Å². The number of fused-ring (bicyclic) bond motifs is 16. The number of hydrogen-bond acceptors (Lipinski definition) is 10. The molecule has 0 saturated heterocycles. The van der Waals surface area contributed by atoms with Crippen LogP contribution in [-0.4, -0.2) is 68.2 Å². The number of nitrogens with zero attached hydrogens (tertiary/aromatic N) is 2. The zero-order valence-electron chi connectivity index (χ0n) is 61.5. The van der Waals surface area contributed by atoms with Crippen molar-refractivity contribution in [2.75, 3.05) is 0 Å². The van der Waals surface area contributed by atoms with Crippen molar-refractivity contribution in [3.05, 3.63) is 69.3 Å². The average molecular weight is 1300 g/mol. The van der Waals surface area contributed by atoms with Gasteiger partial charge in [0.05, 0.1) is 46.4 Å². The predicted molar refractivity (Wildman–Crippen MR) is 375 cm³/mol. The van der Waals surface area contributed by atoms with Gasteiger partial charge in [-0.25, -0.2) is 9.97 Å². The van der Waals surface area contributed by atoms with Gasteiger partial charge < -0.3 is 28.9 Å². The molecule has 17 rings (SSSR count). The van der Waals surface area contributed by atoms with Crippen molar-refractivity contribution in [1.82, 2.24) is 19.9 Å². The normalized spacial score (nSPS) is 42.4. The molecule has 20 atom stereocenters. The van der Waals surface area contributed by atoms with Gasteiger partial charge in [0, 0.05) is 89.7 Å². The lowest BCUT2D eigenvalue weighted by Crippen LogP contribution is -2.38. The summed E-state index contributed by atoms with van der Waals surface area (Å²) in [6.07, 6.45) is 20.4. The monoisotopic (exact) mass is 1300 g/mol. The predicted octanol–water partition coefficient (Wildman–Crippen LogP) is 18.6. The van der Waals surface area contributed by atoms with Crippen LogP contribution < -0.4 is 0 Å². The minimum absolute atomic E-state index is 0.0747. The maximum atomic E-state index is 15.3. The first-order valence-electron chi connectivity index (χ1n) is 37.7. The van der Waals surface area contributed by atoms with Crippen LogP contribution in [0.4, 0.5) is 0 Å². The molecule has 12 saturated carbocycles. The molecule has 16 bridgehead atoms. The first-order valence-corrected chi connectivity index (χ1v) is 37.7. The first-order chi connectivity index (χ1) is 44.7. The number of hydrogen-bond donors (Lipinski definition) is 2. The number of carbonyl (C=O) groups is 4. The summed E-state index contributed by atoms with van der Waals surface area (Å²) in [5.74, 6) is -1.27. The molecule has 3 aromatic rings. The van der Waals surface area contributed by atoms with E-state index in [1.165, 1.54) is 25.7 Å². The van der Waals surface area contributed by atoms with Crippen molar-refractivity contribution in [2.24, 2.45) is 112 Å². The molecule has 514 valence electrons. The van der Waals surface area contributed by atoms with E-state index in [9.17, 15) is 0 Å². The zero-order valence-corrected chi connectivity index (χ0v) is 61.5. The quantitative estimate of drug-likeness (QED) is 0.0908. The minimum atomic E-state index is -0.504. The number of rotatable bonds is 12.